The van der Waals surface area contributed by atoms with Gasteiger partial charge in [-0.05, 0) is 49.9 Å². The second-order valence-electron chi connectivity index (χ2n) is 3.78. The number of nitrogens with zero attached hydrogens (tertiary/aromatic N) is 3. The highest BCUT2D eigenvalue weighted by atomic mass is 79.9. The second kappa shape index (κ2) is 5.18. The molecule has 0 bridgehead atoms. The Morgan fingerprint density at radius 2 is 2.12 bits per heavy atom. The van der Waals surface area contributed by atoms with Crippen LogP contribution in [0, 0.1) is 0 Å². The molecule has 2 aromatic rings. The van der Waals surface area contributed by atoms with Crippen molar-refractivity contribution in [1.82, 2.24) is 14.3 Å². The van der Waals surface area contributed by atoms with Crippen LogP contribution in [-0.4, -0.2) is 14.3 Å². The maximum Gasteiger partial charge on any atom is 0.264 e. The lowest BCUT2D eigenvalue weighted by Gasteiger charge is -2.05. The zero-order chi connectivity index (χ0) is 12.4. The molecule has 6 heteroatoms. The van der Waals surface area contributed by atoms with Crippen molar-refractivity contribution in [3.63, 3.8) is 0 Å². The quantitative estimate of drug-likeness (QED) is 0.842. The van der Waals surface area contributed by atoms with E-state index in [1.807, 2.05) is 19.4 Å². The molecule has 0 aliphatic carbocycles. The Labute approximate surface area is 116 Å². The van der Waals surface area contributed by atoms with Gasteiger partial charge in [0.2, 0.25) is 0 Å². The van der Waals surface area contributed by atoms with E-state index in [1.165, 1.54) is 0 Å². The van der Waals surface area contributed by atoms with Gasteiger partial charge in [-0.25, -0.2) is 0 Å². The highest BCUT2D eigenvalue weighted by Gasteiger charge is 2.04. The third kappa shape index (κ3) is 3.07. The van der Waals surface area contributed by atoms with Crippen LogP contribution >= 0.6 is 31.9 Å². The maximum atomic E-state index is 11.8. The molecular formula is C11H11Br2N3O. The molecule has 0 fully saturated rings. The summed E-state index contributed by atoms with van der Waals surface area (Å²) in [5.41, 5.74) is 1.10. The van der Waals surface area contributed by atoms with E-state index in [1.54, 1.807) is 21.5 Å². The topological polar surface area (TPSA) is 39.8 Å². The third-order valence-corrected chi connectivity index (χ3v) is 3.41. The SMILES string of the molecule is Cn1cc(CCn2cc(Br)cc(Br)c2=O)cn1. The molecular weight excluding hydrogens is 350 g/mol. The van der Waals surface area contributed by atoms with Crippen LogP contribution in [0.5, 0.6) is 0 Å². The predicted octanol–water partition coefficient (Wildman–Crippen LogP) is 2.35. The number of hydrogen-bond donors (Lipinski definition) is 0. The van der Waals surface area contributed by atoms with Crippen LogP contribution in [0.2, 0.25) is 0 Å². The van der Waals surface area contributed by atoms with Crippen molar-refractivity contribution in [2.24, 2.45) is 7.05 Å². The molecule has 0 aliphatic rings. The molecule has 0 atom stereocenters. The number of hydrogen-bond acceptors (Lipinski definition) is 2. The van der Waals surface area contributed by atoms with Crippen molar-refractivity contribution in [3.8, 4) is 0 Å². The Bertz CT molecular complexity index is 589. The monoisotopic (exact) mass is 359 g/mol. The number of aryl methyl sites for hydroxylation is 3. The minimum Gasteiger partial charge on any atom is -0.313 e. The molecule has 17 heavy (non-hydrogen) atoms. The summed E-state index contributed by atoms with van der Waals surface area (Å²) >= 11 is 6.62. The van der Waals surface area contributed by atoms with Gasteiger partial charge >= 0.3 is 0 Å². The lowest BCUT2D eigenvalue weighted by molar-refractivity contribution is 0.664. The predicted molar refractivity (Wildman–Crippen MR) is 73.0 cm³/mol. The van der Waals surface area contributed by atoms with Crippen LogP contribution in [0.25, 0.3) is 0 Å². The van der Waals surface area contributed by atoms with Crippen molar-refractivity contribution in [3.05, 3.63) is 49.5 Å². The second-order valence-corrected chi connectivity index (χ2v) is 5.55. The lowest BCUT2D eigenvalue weighted by Crippen LogP contribution is -2.21. The fourth-order valence-corrected chi connectivity index (χ4v) is 2.84. The number of aromatic nitrogens is 3. The summed E-state index contributed by atoms with van der Waals surface area (Å²) in [7, 11) is 1.88. The summed E-state index contributed by atoms with van der Waals surface area (Å²) in [5, 5.41) is 4.10. The zero-order valence-corrected chi connectivity index (χ0v) is 12.4. The van der Waals surface area contributed by atoms with E-state index in [2.05, 4.69) is 37.0 Å². The van der Waals surface area contributed by atoms with Gasteiger partial charge in [0.05, 0.1) is 10.7 Å². The lowest BCUT2D eigenvalue weighted by atomic mass is 10.2. The van der Waals surface area contributed by atoms with E-state index in [4.69, 9.17) is 0 Å². The van der Waals surface area contributed by atoms with Gasteiger partial charge in [-0.1, -0.05) is 0 Å². The van der Waals surface area contributed by atoms with Crippen LogP contribution in [0.4, 0.5) is 0 Å². The van der Waals surface area contributed by atoms with E-state index < -0.39 is 0 Å². The van der Waals surface area contributed by atoms with Gasteiger partial charge in [-0.2, -0.15) is 5.10 Å². The van der Waals surface area contributed by atoms with Crippen LogP contribution in [0.1, 0.15) is 5.56 Å². The van der Waals surface area contributed by atoms with Gasteiger partial charge < -0.3 is 4.57 Å². The summed E-state index contributed by atoms with van der Waals surface area (Å²) in [6, 6.07) is 1.75. The first-order valence-electron chi connectivity index (χ1n) is 5.09. The smallest absolute Gasteiger partial charge is 0.264 e. The molecule has 0 aliphatic heterocycles. The summed E-state index contributed by atoms with van der Waals surface area (Å²) in [6.45, 7) is 0.641. The molecule has 0 unspecified atom stereocenters. The fourth-order valence-electron chi connectivity index (χ4n) is 1.58. The van der Waals surface area contributed by atoms with E-state index in [9.17, 15) is 4.79 Å². The molecule has 2 heterocycles. The van der Waals surface area contributed by atoms with Crippen molar-refractivity contribution in [2.45, 2.75) is 13.0 Å². The van der Waals surface area contributed by atoms with Crippen LogP contribution < -0.4 is 5.56 Å². The molecule has 2 aromatic heterocycles. The van der Waals surface area contributed by atoms with Crippen molar-refractivity contribution < 1.29 is 0 Å². The Morgan fingerprint density at radius 1 is 1.35 bits per heavy atom. The van der Waals surface area contributed by atoms with Gasteiger partial charge in [0, 0.05) is 30.5 Å². The standard InChI is InChI=1S/C11H11Br2N3O/c1-15-6-8(5-14-15)2-3-16-7-9(12)4-10(13)11(16)17/h4-7H,2-3H2,1H3. The molecule has 90 valence electrons. The molecule has 0 saturated heterocycles. The van der Waals surface area contributed by atoms with Crippen LogP contribution in [0.15, 0.2) is 38.4 Å². The molecule has 4 nitrogen and oxygen atoms in total. The first-order chi connectivity index (χ1) is 8.06. The maximum absolute atomic E-state index is 11.8. The van der Waals surface area contributed by atoms with E-state index in [-0.39, 0.29) is 5.56 Å². The largest absolute Gasteiger partial charge is 0.313 e. The summed E-state index contributed by atoms with van der Waals surface area (Å²) < 4.78 is 4.89. The fraction of sp³-hybridized carbons (Fsp3) is 0.273. The average molecular weight is 361 g/mol. The molecule has 0 saturated carbocycles. The third-order valence-electron chi connectivity index (χ3n) is 2.41. The van der Waals surface area contributed by atoms with Crippen LogP contribution in [0.3, 0.4) is 0 Å². The van der Waals surface area contributed by atoms with Gasteiger partial charge in [0.25, 0.3) is 5.56 Å². The minimum absolute atomic E-state index is 0.0166. The molecule has 0 amide bonds. The van der Waals surface area contributed by atoms with E-state index >= 15 is 0 Å². The Balaban J connectivity index is 2.17. The Morgan fingerprint density at radius 3 is 2.76 bits per heavy atom. The first kappa shape index (κ1) is 12.6. The van der Waals surface area contributed by atoms with Gasteiger partial charge in [-0.3, -0.25) is 9.48 Å². The molecule has 0 aromatic carbocycles. The van der Waals surface area contributed by atoms with Gasteiger partial charge in [0.15, 0.2) is 0 Å². The average Bonchev–Trinajstić information content (AvgIpc) is 2.67. The summed E-state index contributed by atoms with van der Waals surface area (Å²) in [6.07, 6.45) is 6.36. The van der Waals surface area contributed by atoms with Crippen LogP contribution in [-0.2, 0) is 20.0 Å². The first-order valence-corrected chi connectivity index (χ1v) is 6.68. The van der Waals surface area contributed by atoms with Gasteiger partial charge in [-0.15, -0.1) is 0 Å². The Hall–Kier alpha value is -0.880. The Kier molecular flexibility index (Phi) is 3.83. The normalized spacial score (nSPS) is 10.8. The van der Waals surface area contributed by atoms with E-state index in [0.29, 0.717) is 11.0 Å². The number of halogens is 2. The molecule has 0 N–H and O–H groups in total. The number of pyridine rings is 1. The molecule has 2 rings (SSSR count). The summed E-state index contributed by atoms with van der Waals surface area (Å²) in [4.78, 5) is 11.8. The molecule has 0 radical (unpaired) electrons. The van der Waals surface area contributed by atoms with Crippen molar-refractivity contribution >= 4 is 31.9 Å². The van der Waals surface area contributed by atoms with Crippen molar-refractivity contribution in [2.75, 3.05) is 0 Å². The van der Waals surface area contributed by atoms with Gasteiger partial charge in [0.1, 0.15) is 0 Å². The number of rotatable bonds is 3. The van der Waals surface area contributed by atoms with E-state index in [0.717, 1.165) is 16.5 Å². The van der Waals surface area contributed by atoms with Crippen molar-refractivity contribution in [1.29, 1.82) is 0 Å². The highest BCUT2D eigenvalue weighted by molar-refractivity contribution is 9.11. The zero-order valence-electron chi connectivity index (χ0n) is 9.23. The summed E-state index contributed by atoms with van der Waals surface area (Å²) in [5.74, 6) is 0. The molecule has 0 spiro atoms. The minimum atomic E-state index is -0.0166. The highest BCUT2D eigenvalue weighted by Crippen LogP contribution is 2.13.